The van der Waals surface area contributed by atoms with Crippen molar-refractivity contribution in [3.63, 3.8) is 0 Å². The number of benzene rings is 1. The van der Waals surface area contributed by atoms with Crippen molar-refractivity contribution in [1.82, 2.24) is 9.80 Å². The summed E-state index contributed by atoms with van der Waals surface area (Å²) in [5, 5.41) is 2.86. The summed E-state index contributed by atoms with van der Waals surface area (Å²) in [6, 6.07) is 5.79. The van der Waals surface area contributed by atoms with Crippen LogP contribution in [0.1, 0.15) is 31.1 Å². The van der Waals surface area contributed by atoms with E-state index >= 15 is 0 Å². The van der Waals surface area contributed by atoms with Crippen molar-refractivity contribution in [2.45, 2.75) is 20.8 Å². The highest BCUT2D eigenvalue weighted by atomic mass is 16.5. The molecule has 1 fully saturated rings. The molecule has 1 aromatic carbocycles. The Kier molecular flexibility index (Phi) is 6.11. The highest BCUT2D eigenvalue weighted by Gasteiger charge is 2.40. The zero-order valence-corrected chi connectivity index (χ0v) is 14.9. The highest BCUT2D eigenvalue weighted by molar-refractivity contribution is 6.28. The molecule has 0 radical (unpaired) electrons. The van der Waals surface area contributed by atoms with E-state index < -0.39 is 23.8 Å². The lowest BCUT2D eigenvalue weighted by Crippen LogP contribution is -2.56. The Labute approximate surface area is 151 Å². The number of nitrogens with zero attached hydrogens (tertiary/aromatic N) is 2. The van der Waals surface area contributed by atoms with E-state index in [1.807, 2.05) is 0 Å². The number of hydrogen-bond acceptors (Lipinski definition) is 6. The van der Waals surface area contributed by atoms with Crippen LogP contribution in [-0.4, -0.2) is 53.3 Å². The summed E-state index contributed by atoms with van der Waals surface area (Å²) in [5.74, 6) is -1.70. The van der Waals surface area contributed by atoms with Crippen molar-refractivity contribution in [2.24, 2.45) is 0 Å². The zero-order chi connectivity index (χ0) is 19.3. The van der Waals surface area contributed by atoms with Crippen molar-refractivity contribution >= 4 is 29.5 Å². The zero-order valence-electron chi connectivity index (χ0n) is 14.9. The lowest BCUT2D eigenvalue weighted by Gasteiger charge is -2.32. The number of likely N-dealkylation sites (N-methyl/N-ethyl adjacent to an activating group) is 2. The number of ether oxygens (including phenoxy) is 1. The molecule has 0 unspecified atom stereocenters. The number of urea groups is 1. The number of amides is 4. The van der Waals surface area contributed by atoms with Crippen LogP contribution in [0.25, 0.3) is 0 Å². The van der Waals surface area contributed by atoms with Crippen molar-refractivity contribution in [3.8, 4) is 0 Å². The number of anilines is 1. The van der Waals surface area contributed by atoms with Crippen LogP contribution in [0, 0.1) is 0 Å². The number of barbiturate groups is 1. The molecule has 8 nitrogen and oxygen atoms in total. The number of carbonyl (C=O) groups is 4. The second kappa shape index (κ2) is 8.28. The van der Waals surface area contributed by atoms with Crippen molar-refractivity contribution < 1.29 is 23.9 Å². The summed E-state index contributed by atoms with van der Waals surface area (Å²) < 4.78 is 4.91. The van der Waals surface area contributed by atoms with Crippen LogP contribution in [-0.2, 0) is 14.3 Å². The van der Waals surface area contributed by atoms with E-state index in [0.717, 1.165) is 9.80 Å². The van der Waals surface area contributed by atoms with Gasteiger partial charge >= 0.3 is 12.0 Å². The molecule has 1 aromatic rings. The van der Waals surface area contributed by atoms with Gasteiger partial charge in [0.05, 0.1) is 12.2 Å². The maximum absolute atomic E-state index is 12.4. The Hall–Kier alpha value is -3.16. The van der Waals surface area contributed by atoms with Gasteiger partial charge in [0.2, 0.25) is 0 Å². The minimum Gasteiger partial charge on any atom is -0.462 e. The van der Waals surface area contributed by atoms with Crippen LogP contribution >= 0.6 is 0 Å². The molecule has 1 N–H and O–H groups in total. The van der Waals surface area contributed by atoms with Gasteiger partial charge in [-0.05, 0) is 45.0 Å². The first-order valence-corrected chi connectivity index (χ1v) is 8.36. The predicted octanol–water partition coefficient (Wildman–Crippen LogP) is 1.99. The third-order valence-corrected chi connectivity index (χ3v) is 3.82. The van der Waals surface area contributed by atoms with E-state index in [2.05, 4.69) is 5.32 Å². The van der Waals surface area contributed by atoms with Crippen LogP contribution in [0.2, 0.25) is 0 Å². The molecule has 1 aliphatic heterocycles. The van der Waals surface area contributed by atoms with Crippen LogP contribution in [0.5, 0.6) is 0 Å². The number of nitrogens with one attached hydrogen (secondary N) is 1. The molecule has 8 heteroatoms. The van der Waals surface area contributed by atoms with Crippen molar-refractivity contribution in [3.05, 3.63) is 41.6 Å². The summed E-state index contributed by atoms with van der Waals surface area (Å²) >= 11 is 0. The Bertz CT molecular complexity index is 727. The minimum atomic E-state index is -0.636. The Morgan fingerprint density at radius 1 is 1.00 bits per heavy atom. The number of carbonyl (C=O) groups excluding carboxylic acids is 4. The first-order valence-electron chi connectivity index (χ1n) is 8.36. The molecular weight excluding hydrogens is 338 g/mol. The van der Waals surface area contributed by atoms with Crippen LogP contribution in [0.4, 0.5) is 10.5 Å². The van der Waals surface area contributed by atoms with Gasteiger partial charge < -0.3 is 10.1 Å². The smallest absolute Gasteiger partial charge is 0.338 e. The van der Waals surface area contributed by atoms with E-state index in [9.17, 15) is 19.2 Å². The van der Waals surface area contributed by atoms with E-state index in [4.69, 9.17) is 4.74 Å². The van der Waals surface area contributed by atoms with Gasteiger partial charge in [-0.3, -0.25) is 19.4 Å². The van der Waals surface area contributed by atoms with Gasteiger partial charge in [0.15, 0.2) is 0 Å². The van der Waals surface area contributed by atoms with Crippen molar-refractivity contribution in [1.29, 1.82) is 0 Å². The fraction of sp³-hybridized carbons (Fsp3) is 0.333. The fourth-order valence-corrected chi connectivity index (χ4v) is 2.46. The molecule has 4 amide bonds. The van der Waals surface area contributed by atoms with Gasteiger partial charge in [-0.2, -0.15) is 0 Å². The van der Waals surface area contributed by atoms with Crippen LogP contribution < -0.4 is 5.32 Å². The Morgan fingerprint density at radius 2 is 1.54 bits per heavy atom. The summed E-state index contributed by atoms with van der Waals surface area (Å²) in [5.41, 5.74) is 0.853. The third-order valence-electron chi connectivity index (χ3n) is 3.82. The van der Waals surface area contributed by atoms with Gasteiger partial charge in [-0.15, -0.1) is 0 Å². The van der Waals surface area contributed by atoms with E-state index in [1.165, 1.54) is 6.20 Å². The van der Waals surface area contributed by atoms with Gasteiger partial charge in [0, 0.05) is 25.0 Å². The topological polar surface area (TPSA) is 96.0 Å². The molecule has 1 aliphatic rings. The molecule has 0 bridgehead atoms. The third kappa shape index (κ3) is 3.74. The summed E-state index contributed by atoms with van der Waals surface area (Å²) in [4.78, 5) is 50.5. The monoisotopic (exact) mass is 359 g/mol. The van der Waals surface area contributed by atoms with E-state index in [1.54, 1.807) is 45.0 Å². The SMILES string of the molecule is CCOC(=O)c1ccc(NC=C2C(=O)N(CC)C(=O)N(CC)C2=O)cc1. The van der Waals surface area contributed by atoms with Gasteiger partial charge in [0.1, 0.15) is 5.57 Å². The average Bonchev–Trinajstić information content (AvgIpc) is 2.63. The molecule has 1 heterocycles. The van der Waals surface area contributed by atoms with Crippen LogP contribution in [0.15, 0.2) is 36.0 Å². The largest absolute Gasteiger partial charge is 0.462 e. The maximum atomic E-state index is 12.4. The molecule has 0 aliphatic carbocycles. The number of esters is 1. The number of rotatable bonds is 6. The first kappa shape index (κ1) is 19.2. The lowest BCUT2D eigenvalue weighted by molar-refractivity contribution is -0.135. The second-order valence-corrected chi connectivity index (χ2v) is 5.38. The first-order chi connectivity index (χ1) is 12.4. The quantitative estimate of drug-likeness (QED) is 0.474. The molecule has 1 saturated heterocycles. The summed E-state index contributed by atoms with van der Waals surface area (Å²) in [7, 11) is 0. The van der Waals surface area contributed by atoms with Gasteiger partial charge in [-0.1, -0.05) is 0 Å². The molecule has 0 aromatic heterocycles. The van der Waals surface area contributed by atoms with Gasteiger partial charge in [0.25, 0.3) is 11.8 Å². The lowest BCUT2D eigenvalue weighted by atomic mass is 10.1. The Balaban J connectivity index is 2.20. The standard InChI is InChI=1S/C18H21N3O5/c1-4-20-15(22)14(16(23)21(5-2)18(20)25)11-19-13-9-7-12(8-10-13)17(24)26-6-3/h7-11,19H,4-6H2,1-3H3. The maximum Gasteiger partial charge on any atom is 0.338 e. The molecule has 0 saturated carbocycles. The minimum absolute atomic E-state index is 0.122. The Morgan fingerprint density at radius 3 is 2.00 bits per heavy atom. The van der Waals surface area contributed by atoms with E-state index in [0.29, 0.717) is 11.3 Å². The van der Waals surface area contributed by atoms with Crippen LogP contribution in [0.3, 0.4) is 0 Å². The molecule has 26 heavy (non-hydrogen) atoms. The number of imide groups is 2. The number of hydrogen-bond donors (Lipinski definition) is 1. The summed E-state index contributed by atoms with van der Waals surface area (Å²) in [6.45, 7) is 5.69. The fourth-order valence-electron chi connectivity index (χ4n) is 2.46. The van der Waals surface area contributed by atoms with E-state index in [-0.39, 0.29) is 25.3 Å². The normalized spacial score (nSPS) is 14.6. The predicted molar refractivity (Wildman–Crippen MR) is 94.3 cm³/mol. The molecule has 0 spiro atoms. The molecule has 2 rings (SSSR count). The average molecular weight is 359 g/mol. The second-order valence-electron chi connectivity index (χ2n) is 5.38. The molecular formula is C18H21N3O5. The molecule has 0 atom stereocenters. The molecule has 138 valence electrons. The highest BCUT2D eigenvalue weighted by Crippen LogP contribution is 2.18. The van der Waals surface area contributed by atoms with Crippen molar-refractivity contribution in [2.75, 3.05) is 25.0 Å². The summed E-state index contributed by atoms with van der Waals surface area (Å²) in [6.07, 6.45) is 1.28. The van der Waals surface area contributed by atoms with Gasteiger partial charge in [-0.25, -0.2) is 9.59 Å².